The summed E-state index contributed by atoms with van der Waals surface area (Å²) in [6.07, 6.45) is 3.46. The van der Waals surface area contributed by atoms with Gasteiger partial charge in [0.1, 0.15) is 5.78 Å². The summed E-state index contributed by atoms with van der Waals surface area (Å²) in [6.45, 7) is 11.8. The van der Waals surface area contributed by atoms with E-state index in [4.69, 9.17) is 4.74 Å². The van der Waals surface area contributed by atoms with Gasteiger partial charge >= 0.3 is 0 Å². The molecule has 1 aliphatic rings. The molecule has 0 saturated heterocycles. The molecule has 0 aromatic rings. The van der Waals surface area contributed by atoms with Gasteiger partial charge in [-0.1, -0.05) is 26.2 Å². The van der Waals surface area contributed by atoms with Crippen molar-refractivity contribution in [3.05, 3.63) is 12.3 Å². The van der Waals surface area contributed by atoms with E-state index in [1.165, 1.54) is 0 Å². The van der Waals surface area contributed by atoms with Crippen molar-refractivity contribution < 1.29 is 9.53 Å². The highest BCUT2D eigenvalue weighted by molar-refractivity contribution is 6.76. The van der Waals surface area contributed by atoms with Crippen LogP contribution in [-0.2, 0) is 9.53 Å². The summed E-state index contributed by atoms with van der Waals surface area (Å²) >= 11 is 0. The van der Waals surface area contributed by atoms with Crippen molar-refractivity contribution in [3.63, 3.8) is 0 Å². The molecule has 0 heterocycles. The zero-order chi connectivity index (χ0) is 12.2. The fraction of sp³-hybridized carbons (Fsp3) is 0.769. The van der Waals surface area contributed by atoms with Crippen LogP contribution >= 0.6 is 0 Å². The Morgan fingerprint density at radius 3 is 2.75 bits per heavy atom. The van der Waals surface area contributed by atoms with Gasteiger partial charge in [0.25, 0.3) is 0 Å². The number of carbonyl (C=O) groups is 1. The van der Waals surface area contributed by atoms with Crippen molar-refractivity contribution in [3.8, 4) is 0 Å². The van der Waals surface area contributed by atoms with Crippen LogP contribution in [0.1, 0.15) is 25.7 Å². The monoisotopic (exact) mass is 240 g/mol. The van der Waals surface area contributed by atoms with Crippen LogP contribution in [0.5, 0.6) is 0 Å². The maximum absolute atomic E-state index is 11.3. The lowest BCUT2D eigenvalue weighted by Crippen LogP contribution is -2.23. The summed E-state index contributed by atoms with van der Waals surface area (Å²) in [5.41, 5.74) is 0. The summed E-state index contributed by atoms with van der Waals surface area (Å²) < 4.78 is 5.69. The van der Waals surface area contributed by atoms with Crippen LogP contribution in [0.3, 0.4) is 0 Å². The molecule has 1 fully saturated rings. The quantitative estimate of drug-likeness (QED) is 0.542. The summed E-state index contributed by atoms with van der Waals surface area (Å²) in [5.74, 6) is 1.49. The third-order valence-electron chi connectivity index (χ3n) is 3.08. The zero-order valence-corrected chi connectivity index (χ0v) is 11.8. The Morgan fingerprint density at radius 1 is 1.50 bits per heavy atom. The highest BCUT2D eigenvalue weighted by Crippen LogP contribution is 2.27. The molecule has 1 saturated carbocycles. The Bertz CT molecular complexity index is 266. The zero-order valence-electron chi connectivity index (χ0n) is 10.8. The van der Waals surface area contributed by atoms with E-state index in [1.807, 2.05) is 0 Å². The van der Waals surface area contributed by atoms with Gasteiger partial charge in [-0.05, 0) is 18.9 Å². The number of hydrogen-bond donors (Lipinski definition) is 0. The Kier molecular flexibility index (Phi) is 4.78. The normalized spacial score (nSPS) is 21.9. The maximum atomic E-state index is 11.3. The van der Waals surface area contributed by atoms with E-state index in [0.29, 0.717) is 12.2 Å². The number of carbonyl (C=O) groups excluding carboxylic acids is 1. The van der Waals surface area contributed by atoms with E-state index in [2.05, 4.69) is 26.2 Å². The topological polar surface area (TPSA) is 26.3 Å². The molecule has 92 valence electrons. The van der Waals surface area contributed by atoms with Crippen molar-refractivity contribution in [1.82, 2.24) is 0 Å². The van der Waals surface area contributed by atoms with Crippen molar-refractivity contribution >= 4 is 13.9 Å². The van der Waals surface area contributed by atoms with Crippen LogP contribution in [-0.4, -0.2) is 20.5 Å². The van der Waals surface area contributed by atoms with Gasteiger partial charge in [0, 0.05) is 26.8 Å². The van der Waals surface area contributed by atoms with E-state index < -0.39 is 8.07 Å². The number of rotatable bonds is 5. The molecule has 1 aliphatic carbocycles. The SMILES string of the molecule is C=C(OCC[Si](C)(C)C)C1CCCC(=O)C1. The number of ketones is 1. The van der Waals surface area contributed by atoms with Crippen molar-refractivity contribution in [2.45, 2.75) is 51.4 Å². The molecule has 1 unspecified atom stereocenters. The molecule has 0 aromatic carbocycles. The fourth-order valence-corrected chi connectivity index (χ4v) is 2.62. The van der Waals surface area contributed by atoms with Gasteiger partial charge in [0.15, 0.2) is 0 Å². The summed E-state index contributed by atoms with van der Waals surface area (Å²) in [6, 6.07) is 1.16. The Morgan fingerprint density at radius 2 is 2.19 bits per heavy atom. The van der Waals surface area contributed by atoms with Crippen molar-refractivity contribution in [2.75, 3.05) is 6.61 Å². The fourth-order valence-electron chi connectivity index (χ4n) is 1.91. The second-order valence-corrected chi connectivity index (χ2v) is 11.6. The Labute approximate surface area is 100 Å². The lowest BCUT2D eigenvalue weighted by molar-refractivity contribution is -0.121. The number of ether oxygens (including phenoxy) is 1. The molecular formula is C13H24O2Si. The molecule has 0 bridgehead atoms. The molecule has 1 atom stereocenters. The first-order valence-corrected chi connectivity index (χ1v) is 9.92. The Hall–Kier alpha value is -0.573. The number of allylic oxidation sites excluding steroid dienone is 1. The number of Topliss-reactive ketones (excluding diaryl/α,β-unsaturated/α-hetero) is 1. The molecule has 2 nitrogen and oxygen atoms in total. The molecule has 1 rings (SSSR count). The standard InChI is InChI=1S/C13H24O2Si/c1-11(15-8-9-16(2,3)4)12-6-5-7-13(14)10-12/h12H,1,5-10H2,2-4H3. The van der Waals surface area contributed by atoms with Crippen LogP contribution in [0.15, 0.2) is 12.3 Å². The number of hydrogen-bond acceptors (Lipinski definition) is 2. The van der Waals surface area contributed by atoms with Gasteiger partial charge in [0.05, 0.1) is 12.4 Å². The van der Waals surface area contributed by atoms with E-state index in [1.54, 1.807) is 0 Å². The molecule has 0 amide bonds. The second-order valence-electron chi connectivity index (χ2n) is 5.96. The predicted octanol–water partition coefficient (Wildman–Crippen LogP) is 3.61. The molecular weight excluding hydrogens is 216 g/mol. The van der Waals surface area contributed by atoms with E-state index >= 15 is 0 Å². The molecule has 0 aliphatic heterocycles. The van der Waals surface area contributed by atoms with Crippen LogP contribution in [0.4, 0.5) is 0 Å². The van der Waals surface area contributed by atoms with E-state index in [9.17, 15) is 4.79 Å². The van der Waals surface area contributed by atoms with Gasteiger partial charge in [-0.3, -0.25) is 4.79 Å². The third-order valence-corrected chi connectivity index (χ3v) is 4.78. The molecule has 0 aromatic heterocycles. The third kappa shape index (κ3) is 4.97. The molecule has 0 N–H and O–H groups in total. The van der Waals surface area contributed by atoms with Gasteiger partial charge in [-0.25, -0.2) is 0 Å². The summed E-state index contributed by atoms with van der Waals surface area (Å²) in [5, 5.41) is 0. The minimum atomic E-state index is -1.02. The first kappa shape index (κ1) is 13.5. The van der Waals surface area contributed by atoms with Gasteiger partial charge in [-0.2, -0.15) is 0 Å². The van der Waals surface area contributed by atoms with Crippen LogP contribution in [0.25, 0.3) is 0 Å². The minimum absolute atomic E-state index is 0.280. The van der Waals surface area contributed by atoms with Gasteiger partial charge < -0.3 is 4.74 Å². The van der Waals surface area contributed by atoms with Crippen LogP contribution in [0.2, 0.25) is 25.7 Å². The Balaban J connectivity index is 2.27. The van der Waals surface area contributed by atoms with E-state index in [0.717, 1.165) is 37.7 Å². The summed E-state index contributed by atoms with van der Waals surface area (Å²) in [4.78, 5) is 11.3. The average Bonchev–Trinajstić information content (AvgIpc) is 2.15. The molecule has 16 heavy (non-hydrogen) atoms. The van der Waals surface area contributed by atoms with Gasteiger partial charge in [-0.15, -0.1) is 0 Å². The highest BCUT2D eigenvalue weighted by Gasteiger charge is 2.23. The average molecular weight is 240 g/mol. The minimum Gasteiger partial charge on any atom is -0.499 e. The molecule has 0 radical (unpaired) electrons. The van der Waals surface area contributed by atoms with E-state index in [-0.39, 0.29) is 5.92 Å². The van der Waals surface area contributed by atoms with Crippen molar-refractivity contribution in [1.29, 1.82) is 0 Å². The second kappa shape index (κ2) is 5.67. The highest BCUT2D eigenvalue weighted by atomic mass is 28.3. The van der Waals surface area contributed by atoms with Crippen LogP contribution < -0.4 is 0 Å². The summed E-state index contributed by atoms with van der Waals surface area (Å²) in [7, 11) is -1.02. The first-order valence-electron chi connectivity index (χ1n) is 6.22. The molecule has 3 heteroatoms. The van der Waals surface area contributed by atoms with Gasteiger partial charge in [0.2, 0.25) is 0 Å². The lowest BCUT2D eigenvalue weighted by atomic mass is 9.87. The lowest BCUT2D eigenvalue weighted by Gasteiger charge is -2.24. The van der Waals surface area contributed by atoms with Crippen molar-refractivity contribution in [2.24, 2.45) is 5.92 Å². The van der Waals surface area contributed by atoms with Crippen LogP contribution in [0, 0.1) is 5.92 Å². The smallest absolute Gasteiger partial charge is 0.133 e. The maximum Gasteiger partial charge on any atom is 0.133 e. The first-order chi connectivity index (χ1) is 7.38. The predicted molar refractivity (Wildman–Crippen MR) is 70.2 cm³/mol. The largest absolute Gasteiger partial charge is 0.499 e. The molecule has 0 spiro atoms.